The molecule has 0 heterocycles. The number of phenolic OH excluding ortho intramolecular Hbond substituents is 1. The number of hydrogen-bond donors (Lipinski definition) is 2. The van der Waals surface area contributed by atoms with Gasteiger partial charge < -0.3 is 10.4 Å². The summed E-state index contributed by atoms with van der Waals surface area (Å²) in [7, 11) is 1.97. The number of aryl methyl sites for hydroxylation is 1. The molecular formula is C14H19NO. The van der Waals surface area contributed by atoms with Crippen LogP contribution >= 0.6 is 0 Å². The predicted octanol–water partition coefficient (Wildman–Crippen LogP) is 2.72. The molecule has 0 saturated heterocycles. The molecule has 0 spiro atoms. The van der Waals surface area contributed by atoms with Crippen molar-refractivity contribution in [2.75, 3.05) is 7.05 Å². The van der Waals surface area contributed by atoms with Crippen molar-refractivity contribution in [3.8, 4) is 5.75 Å². The number of likely N-dealkylation sites (N-methyl/N-ethyl adjacent to an activating group) is 1. The van der Waals surface area contributed by atoms with Gasteiger partial charge in [0.2, 0.25) is 0 Å². The molecule has 0 amide bonds. The van der Waals surface area contributed by atoms with Crippen LogP contribution in [0.1, 0.15) is 31.4 Å². The lowest BCUT2D eigenvalue weighted by molar-refractivity contribution is 0.467. The summed E-state index contributed by atoms with van der Waals surface area (Å²) in [5, 5.41) is 13.2. The maximum Gasteiger partial charge on any atom is 0.123 e. The molecule has 2 rings (SSSR count). The largest absolute Gasteiger partial charge is 0.507 e. The Morgan fingerprint density at radius 2 is 2.00 bits per heavy atom. The van der Waals surface area contributed by atoms with E-state index >= 15 is 0 Å². The first-order valence-electron chi connectivity index (χ1n) is 5.75. The van der Waals surface area contributed by atoms with Gasteiger partial charge in [0.15, 0.2) is 0 Å². The van der Waals surface area contributed by atoms with E-state index in [2.05, 4.69) is 31.3 Å². The molecule has 2 N–H and O–H groups in total. The minimum Gasteiger partial charge on any atom is -0.507 e. The van der Waals surface area contributed by atoms with Gasteiger partial charge in [0.1, 0.15) is 5.75 Å². The second kappa shape index (κ2) is 3.95. The Morgan fingerprint density at radius 3 is 2.69 bits per heavy atom. The second-order valence-corrected chi connectivity index (χ2v) is 4.89. The molecule has 0 radical (unpaired) electrons. The maximum atomic E-state index is 9.85. The van der Waals surface area contributed by atoms with Gasteiger partial charge in [-0.15, -0.1) is 0 Å². The van der Waals surface area contributed by atoms with E-state index in [4.69, 9.17) is 0 Å². The zero-order valence-electron chi connectivity index (χ0n) is 10.2. The molecule has 0 atom stereocenters. The summed E-state index contributed by atoms with van der Waals surface area (Å²) in [5.74, 6) is 0.390. The highest BCUT2D eigenvalue weighted by Crippen LogP contribution is 2.34. The van der Waals surface area contributed by atoms with Gasteiger partial charge in [-0.05, 0) is 57.0 Å². The fourth-order valence-corrected chi connectivity index (χ4v) is 2.15. The van der Waals surface area contributed by atoms with Gasteiger partial charge in [0.05, 0.1) is 0 Å². The van der Waals surface area contributed by atoms with Crippen molar-refractivity contribution in [1.82, 2.24) is 5.32 Å². The molecule has 16 heavy (non-hydrogen) atoms. The van der Waals surface area contributed by atoms with Crippen molar-refractivity contribution in [3.05, 3.63) is 34.9 Å². The van der Waals surface area contributed by atoms with Gasteiger partial charge in [-0.2, -0.15) is 0 Å². The molecular weight excluding hydrogens is 198 g/mol. The summed E-state index contributed by atoms with van der Waals surface area (Å²) in [6.07, 6.45) is 4.20. The molecule has 0 unspecified atom stereocenters. The van der Waals surface area contributed by atoms with Crippen LogP contribution in [-0.2, 0) is 6.42 Å². The van der Waals surface area contributed by atoms with Crippen LogP contribution in [0.5, 0.6) is 5.75 Å². The molecule has 0 aliphatic heterocycles. The molecule has 0 fully saturated rings. The van der Waals surface area contributed by atoms with Crippen LogP contribution in [0.15, 0.2) is 23.8 Å². The summed E-state index contributed by atoms with van der Waals surface area (Å²) >= 11 is 0. The molecule has 1 aromatic rings. The van der Waals surface area contributed by atoms with E-state index in [1.54, 1.807) is 6.07 Å². The Hall–Kier alpha value is -1.28. The fourth-order valence-electron chi connectivity index (χ4n) is 2.15. The molecule has 2 nitrogen and oxygen atoms in total. The predicted molar refractivity (Wildman–Crippen MR) is 67.5 cm³/mol. The lowest BCUT2D eigenvalue weighted by atomic mass is 9.82. The topological polar surface area (TPSA) is 32.3 Å². The van der Waals surface area contributed by atoms with Crippen LogP contribution in [0, 0.1) is 0 Å². The Labute approximate surface area is 97.0 Å². The molecule has 0 bridgehead atoms. The summed E-state index contributed by atoms with van der Waals surface area (Å²) in [6, 6.07) is 5.76. The molecule has 0 saturated carbocycles. The third kappa shape index (κ3) is 1.85. The third-order valence-corrected chi connectivity index (χ3v) is 3.58. The van der Waals surface area contributed by atoms with Crippen LogP contribution < -0.4 is 5.32 Å². The molecule has 1 aliphatic carbocycles. The van der Waals surface area contributed by atoms with Crippen LogP contribution in [0.3, 0.4) is 0 Å². The SMILES string of the molecule is CNC(C)(C)C1=Cc2c(O)cccc2CC1. The van der Waals surface area contributed by atoms with E-state index in [9.17, 15) is 5.11 Å². The number of fused-ring (bicyclic) bond motifs is 1. The number of aromatic hydroxyl groups is 1. The lowest BCUT2D eigenvalue weighted by Crippen LogP contribution is -2.38. The van der Waals surface area contributed by atoms with E-state index in [0.29, 0.717) is 5.75 Å². The highest BCUT2D eigenvalue weighted by Gasteiger charge is 2.24. The van der Waals surface area contributed by atoms with Crippen molar-refractivity contribution in [3.63, 3.8) is 0 Å². The summed E-state index contributed by atoms with van der Waals surface area (Å²) in [6.45, 7) is 4.34. The first kappa shape index (κ1) is 11.2. The van der Waals surface area contributed by atoms with Gasteiger partial charge >= 0.3 is 0 Å². The maximum absolute atomic E-state index is 9.85. The number of hydrogen-bond acceptors (Lipinski definition) is 2. The summed E-state index contributed by atoms with van der Waals surface area (Å²) < 4.78 is 0. The molecule has 0 aromatic heterocycles. The summed E-state index contributed by atoms with van der Waals surface area (Å²) in [5.41, 5.74) is 3.59. The number of phenols is 1. The van der Waals surface area contributed by atoms with E-state index in [-0.39, 0.29) is 5.54 Å². The van der Waals surface area contributed by atoms with Gasteiger partial charge in [0, 0.05) is 11.1 Å². The van der Waals surface area contributed by atoms with Crippen LogP contribution in [0.25, 0.3) is 6.08 Å². The van der Waals surface area contributed by atoms with Crippen molar-refractivity contribution in [2.24, 2.45) is 0 Å². The smallest absolute Gasteiger partial charge is 0.123 e. The lowest BCUT2D eigenvalue weighted by Gasteiger charge is -2.31. The second-order valence-electron chi connectivity index (χ2n) is 4.89. The Balaban J connectivity index is 2.45. The first-order valence-corrected chi connectivity index (χ1v) is 5.75. The van der Waals surface area contributed by atoms with Crippen LogP contribution in [0.2, 0.25) is 0 Å². The van der Waals surface area contributed by atoms with Crippen molar-refractivity contribution in [2.45, 2.75) is 32.2 Å². The zero-order chi connectivity index (χ0) is 11.8. The first-order chi connectivity index (χ1) is 7.54. The molecule has 86 valence electrons. The van der Waals surface area contributed by atoms with E-state index in [0.717, 1.165) is 18.4 Å². The standard InChI is InChI=1S/C14H19NO/c1-14(2,15-3)11-8-7-10-5-4-6-13(16)12(10)9-11/h4-6,9,15-16H,7-8H2,1-3H3. The van der Waals surface area contributed by atoms with E-state index < -0.39 is 0 Å². The van der Waals surface area contributed by atoms with Crippen molar-refractivity contribution < 1.29 is 5.11 Å². The van der Waals surface area contributed by atoms with Gasteiger partial charge in [-0.1, -0.05) is 12.1 Å². The minimum absolute atomic E-state index is 0.0000283. The average molecular weight is 217 g/mol. The monoisotopic (exact) mass is 217 g/mol. The number of benzene rings is 1. The van der Waals surface area contributed by atoms with Crippen molar-refractivity contribution >= 4 is 6.08 Å². The molecule has 1 aromatic carbocycles. The van der Waals surface area contributed by atoms with E-state index in [1.165, 1.54) is 11.1 Å². The Kier molecular flexibility index (Phi) is 2.76. The van der Waals surface area contributed by atoms with Gasteiger partial charge in [0.25, 0.3) is 0 Å². The average Bonchev–Trinajstić information content (AvgIpc) is 2.29. The minimum atomic E-state index is -0.0000283. The highest BCUT2D eigenvalue weighted by molar-refractivity contribution is 5.66. The Bertz CT molecular complexity index is 432. The zero-order valence-corrected chi connectivity index (χ0v) is 10.2. The van der Waals surface area contributed by atoms with Gasteiger partial charge in [-0.3, -0.25) is 0 Å². The highest BCUT2D eigenvalue weighted by atomic mass is 16.3. The quantitative estimate of drug-likeness (QED) is 0.798. The Morgan fingerprint density at radius 1 is 1.25 bits per heavy atom. The normalized spacial score (nSPS) is 15.6. The van der Waals surface area contributed by atoms with Gasteiger partial charge in [-0.25, -0.2) is 0 Å². The number of nitrogens with one attached hydrogen (secondary N) is 1. The molecule has 2 heteroatoms. The summed E-state index contributed by atoms with van der Waals surface area (Å²) in [4.78, 5) is 0. The fraction of sp³-hybridized carbons (Fsp3) is 0.429. The van der Waals surface area contributed by atoms with Crippen molar-refractivity contribution in [1.29, 1.82) is 0 Å². The number of rotatable bonds is 2. The van der Waals surface area contributed by atoms with Crippen LogP contribution in [-0.4, -0.2) is 17.7 Å². The van der Waals surface area contributed by atoms with Crippen LogP contribution in [0.4, 0.5) is 0 Å². The third-order valence-electron chi connectivity index (χ3n) is 3.58. The van der Waals surface area contributed by atoms with E-state index in [1.807, 2.05) is 13.1 Å². The molecule has 1 aliphatic rings.